The Bertz CT molecular complexity index is 1030. The van der Waals surface area contributed by atoms with Crippen LogP contribution in [0, 0.1) is 6.92 Å². The van der Waals surface area contributed by atoms with Crippen molar-refractivity contribution in [1.29, 1.82) is 0 Å². The van der Waals surface area contributed by atoms with Gasteiger partial charge in [-0.3, -0.25) is 4.79 Å². The second-order valence-corrected chi connectivity index (χ2v) is 7.18. The maximum absolute atomic E-state index is 13.3. The van der Waals surface area contributed by atoms with E-state index in [1.54, 1.807) is 18.2 Å². The summed E-state index contributed by atoms with van der Waals surface area (Å²) in [4.78, 5) is 24.4. The number of aryl methyl sites for hydroxylation is 1. The molecule has 0 radical (unpaired) electrons. The van der Waals surface area contributed by atoms with Crippen LogP contribution in [0.15, 0.2) is 52.9 Å². The van der Waals surface area contributed by atoms with E-state index in [0.717, 1.165) is 11.1 Å². The van der Waals surface area contributed by atoms with Crippen molar-refractivity contribution in [3.8, 4) is 0 Å². The molecule has 6 nitrogen and oxygen atoms in total. The van der Waals surface area contributed by atoms with E-state index < -0.39 is 11.4 Å². The molecular weight excluding hydrogens is 358 g/mol. The van der Waals surface area contributed by atoms with Crippen molar-refractivity contribution >= 4 is 28.5 Å². The molecule has 0 spiro atoms. The largest absolute Gasteiger partial charge is 0.475 e. The number of rotatable bonds is 4. The normalized spacial score (nSPS) is 16.0. The molecule has 2 heterocycles. The zero-order chi connectivity index (χ0) is 19.7. The van der Waals surface area contributed by atoms with Crippen LogP contribution in [0.25, 0.3) is 11.0 Å². The molecule has 1 amide bonds. The van der Waals surface area contributed by atoms with E-state index in [9.17, 15) is 9.59 Å². The molecule has 4 rings (SSSR count). The fraction of sp³-hybridized carbons (Fsp3) is 0.273. The molecule has 2 aromatic carbocycles. The topological polar surface area (TPSA) is 88.8 Å². The predicted molar refractivity (Wildman–Crippen MR) is 105 cm³/mol. The molecule has 0 unspecified atom stereocenters. The van der Waals surface area contributed by atoms with Gasteiger partial charge in [0.25, 0.3) is 0 Å². The molecule has 3 aromatic rings. The Labute approximate surface area is 162 Å². The van der Waals surface area contributed by atoms with Crippen LogP contribution in [0.1, 0.15) is 34.5 Å². The van der Waals surface area contributed by atoms with Crippen molar-refractivity contribution in [2.24, 2.45) is 0 Å². The number of anilines is 1. The van der Waals surface area contributed by atoms with Crippen molar-refractivity contribution in [3.63, 3.8) is 0 Å². The number of carboxylic acids is 1. The molecular formula is C22H21NO5. The minimum atomic E-state index is -1.12. The molecule has 0 atom stereocenters. The van der Waals surface area contributed by atoms with Gasteiger partial charge in [-0.15, -0.1) is 0 Å². The van der Waals surface area contributed by atoms with Gasteiger partial charge in [0.2, 0.25) is 11.7 Å². The molecule has 1 saturated heterocycles. The number of amides is 1. The molecule has 1 fully saturated rings. The summed E-state index contributed by atoms with van der Waals surface area (Å²) in [5, 5.41) is 12.7. The number of hydrogen-bond acceptors (Lipinski definition) is 4. The Balaban J connectivity index is 1.65. The van der Waals surface area contributed by atoms with Gasteiger partial charge in [-0.25, -0.2) is 4.79 Å². The maximum Gasteiger partial charge on any atom is 0.371 e. The lowest BCUT2D eigenvalue weighted by molar-refractivity contribution is -0.125. The third-order valence-electron chi connectivity index (χ3n) is 5.37. The van der Waals surface area contributed by atoms with Crippen LogP contribution in [0.5, 0.6) is 0 Å². The Morgan fingerprint density at radius 3 is 2.43 bits per heavy atom. The first-order valence-electron chi connectivity index (χ1n) is 9.21. The number of benzene rings is 2. The molecule has 144 valence electrons. The van der Waals surface area contributed by atoms with Crippen LogP contribution in [0.2, 0.25) is 0 Å². The second kappa shape index (κ2) is 7.13. The zero-order valence-electron chi connectivity index (χ0n) is 15.5. The van der Waals surface area contributed by atoms with Crippen molar-refractivity contribution < 1.29 is 23.8 Å². The molecule has 1 aromatic heterocycles. The van der Waals surface area contributed by atoms with Gasteiger partial charge in [-0.1, -0.05) is 29.8 Å². The summed E-state index contributed by atoms with van der Waals surface area (Å²) in [7, 11) is 0. The van der Waals surface area contributed by atoms with Gasteiger partial charge < -0.3 is 19.6 Å². The van der Waals surface area contributed by atoms with E-state index in [1.165, 1.54) is 6.07 Å². The van der Waals surface area contributed by atoms with E-state index in [-0.39, 0.29) is 11.7 Å². The number of fused-ring (bicyclic) bond motifs is 1. The standard InChI is InChI=1S/C22H21NO5/c1-14-2-4-16(5-3-14)22(8-10-27-11-9-22)21(26)23-17-6-7-18-15(12-17)13-19(28-18)20(24)25/h2-7,12-13H,8-11H2,1H3,(H,23,26)(H,24,25). The number of carbonyl (C=O) groups excluding carboxylic acids is 1. The highest BCUT2D eigenvalue weighted by molar-refractivity contribution is 6.01. The minimum absolute atomic E-state index is 0.0824. The van der Waals surface area contributed by atoms with Crippen molar-refractivity contribution in [2.45, 2.75) is 25.2 Å². The second-order valence-electron chi connectivity index (χ2n) is 7.18. The predicted octanol–water partition coefficient (Wildman–Crippen LogP) is 4.13. The average molecular weight is 379 g/mol. The van der Waals surface area contributed by atoms with Crippen molar-refractivity contribution in [1.82, 2.24) is 0 Å². The molecule has 1 aliphatic rings. The fourth-order valence-electron chi connectivity index (χ4n) is 3.72. The first-order valence-corrected chi connectivity index (χ1v) is 9.21. The maximum atomic E-state index is 13.3. The van der Waals surface area contributed by atoms with Gasteiger partial charge in [-0.2, -0.15) is 0 Å². The average Bonchev–Trinajstić information content (AvgIpc) is 3.13. The Morgan fingerprint density at radius 2 is 1.75 bits per heavy atom. The minimum Gasteiger partial charge on any atom is -0.475 e. The van der Waals surface area contributed by atoms with Gasteiger partial charge in [0.15, 0.2) is 0 Å². The molecule has 28 heavy (non-hydrogen) atoms. The lowest BCUT2D eigenvalue weighted by atomic mass is 9.73. The summed E-state index contributed by atoms with van der Waals surface area (Å²) in [5.41, 5.74) is 2.55. The van der Waals surface area contributed by atoms with Crippen LogP contribution in [-0.4, -0.2) is 30.2 Å². The SMILES string of the molecule is Cc1ccc(C2(C(=O)Nc3ccc4oc(C(=O)O)cc4c3)CCOCC2)cc1. The molecule has 0 aliphatic carbocycles. The number of ether oxygens (including phenoxy) is 1. The zero-order valence-corrected chi connectivity index (χ0v) is 15.5. The first kappa shape index (κ1) is 18.3. The number of furan rings is 1. The molecule has 6 heteroatoms. The van der Waals surface area contributed by atoms with Gasteiger partial charge in [0.05, 0.1) is 5.41 Å². The molecule has 2 N–H and O–H groups in total. The van der Waals surface area contributed by atoms with Crippen molar-refractivity contribution in [2.75, 3.05) is 18.5 Å². The number of carbonyl (C=O) groups is 2. The number of carboxylic acid groups (broad SMARTS) is 1. The highest BCUT2D eigenvalue weighted by atomic mass is 16.5. The summed E-state index contributed by atoms with van der Waals surface area (Å²) in [6.45, 7) is 3.08. The third-order valence-corrected chi connectivity index (χ3v) is 5.37. The molecule has 1 aliphatic heterocycles. The van der Waals surface area contributed by atoms with E-state index in [2.05, 4.69) is 5.32 Å². The van der Waals surface area contributed by atoms with E-state index in [4.69, 9.17) is 14.3 Å². The quantitative estimate of drug-likeness (QED) is 0.712. The van der Waals surface area contributed by atoms with Crippen molar-refractivity contribution in [3.05, 3.63) is 65.4 Å². The Hall–Kier alpha value is -3.12. The first-order chi connectivity index (χ1) is 13.5. The summed E-state index contributed by atoms with van der Waals surface area (Å²) in [6.07, 6.45) is 1.22. The Kier molecular flexibility index (Phi) is 4.65. The van der Waals surface area contributed by atoms with Crippen LogP contribution < -0.4 is 5.32 Å². The van der Waals surface area contributed by atoms with Gasteiger partial charge >= 0.3 is 5.97 Å². The third kappa shape index (κ3) is 3.27. The highest BCUT2D eigenvalue weighted by Gasteiger charge is 2.41. The molecule has 0 saturated carbocycles. The van der Waals surface area contributed by atoms with Crippen LogP contribution in [0.4, 0.5) is 5.69 Å². The molecule has 0 bridgehead atoms. The lowest BCUT2D eigenvalue weighted by Crippen LogP contribution is -2.44. The van der Waals surface area contributed by atoms with E-state index in [1.807, 2.05) is 31.2 Å². The van der Waals surface area contributed by atoms with Gasteiger partial charge in [0, 0.05) is 24.3 Å². The van der Waals surface area contributed by atoms with E-state index >= 15 is 0 Å². The van der Waals surface area contributed by atoms with Crippen LogP contribution in [0.3, 0.4) is 0 Å². The van der Waals surface area contributed by atoms with E-state index in [0.29, 0.717) is 42.7 Å². The number of hydrogen-bond donors (Lipinski definition) is 2. The number of aromatic carboxylic acids is 1. The number of nitrogens with one attached hydrogen (secondary N) is 1. The summed E-state index contributed by atoms with van der Waals surface area (Å²) in [5.74, 6) is -1.33. The monoisotopic (exact) mass is 379 g/mol. The van der Waals surface area contributed by atoms with Gasteiger partial charge in [-0.05, 0) is 49.6 Å². The Morgan fingerprint density at radius 1 is 1.04 bits per heavy atom. The smallest absolute Gasteiger partial charge is 0.371 e. The summed E-state index contributed by atoms with van der Waals surface area (Å²) < 4.78 is 10.8. The van der Waals surface area contributed by atoms with Crippen LogP contribution >= 0.6 is 0 Å². The summed E-state index contributed by atoms with van der Waals surface area (Å²) >= 11 is 0. The fourth-order valence-corrected chi connectivity index (χ4v) is 3.72. The lowest BCUT2D eigenvalue weighted by Gasteiger charge is -2.36. The van der Waals surface area contributed by atoms with Crippen LogP contribution in [-0.2, 0) is 14.9 Å². The van der Waals surface area contributed by atoms with Gasteiger partial charge in [0.1, 0.15) is 5.58 Å². The summed E-state index contributed by atoms with van der Waals surface area (Å²) in [6, 6.07) is 14.6. The highest BCUT2D eigenvalue weighted by Crippen LogP contribution is 2.36.